The zero-order valence-electron chi connectivity index (χ0n) is 18.7. The van der Waals surface area contributed by atoms with Crippen molar-refractivity contribution in [3.63, 3.8) is 0 Å². The third-order valence-corrected chi connectivity index (χ3v) is 7.87. The first-order valence-electron chi connectivity index (χ1n) is 10.2. The van der Waals surface area contributed by atoms with Crippen molar-refractivity contribution in [2.45, 2.75) is 19.9 Å². The highest BCUT2D eigenvalue weighted by atomic mass is 79.9. The fraction of sp³-hybridized carbons (Fsp3) is 0.261. The fourth-order valence-corrected chi connectivity index (χ4v) is 5.33. The number of benzene rings is 1. The summed E-state index contributed by atoms with van der Waals surface area (Å²) in [4.78, 5) is 31.6. The van der Waals surface area contributed by atoms with E-state index in [-0.39, 0.29) is 17.7 Å². The van der Waals surface area contributed by atoms with Crippen LogP contribution < -0.4 is 24.4 Å². The molecule has 0 N–H and O–H groups in total. The quantitative estimate of drug-likeness (QED) is 0.392. The first-order chi connectivity index (χ1) is 16.3. The number of carbonyl (C=O) groups excluding carboxylic acids is 1. The Labute approximate surface area is 215 Å². The van der Waals surface area contributed by atoms with Crippen molar-refractivity contribution in [2.24, 2.45) is 4.99 Å². The van der Waals surface area contributed by atoms with Gasteiger partial charge in [0.05, 0.1) is 47.1 Å². The van der Waals surface area contributed by atoms with Crippen LogP contribution in [0.3, 0.4) is 0 Å². The third-order valence-electron chi connectivity index (χ3n) is 5.18. The summed E-state index contributed by atoms with van der Waals surface area (Å²) in [5.41, 5.74) is 1.12. The van der Waals surface area contributed by atoms with Gasteiger partial charge in [-0.15, -0.1) is 0 Å². The van der Waals surface area contributed by atoms with Crippen LogP contribution in [-0.2, 0) is 9.53 Å². The highest BCUT2D eigenvalue weighted by molar-refractivity contribution is 9.13. The highest BCUT2D eigenvalue weighted by Crippen LogP contribution is 2.36. The van der Waals surface area contributed by atoms with Crippen LogP contribution in [0.1, 0.15) is 31.2 Å². The molecule has 0 unspecified atom stereocenters. The molecule has 11 heteroatoms. The molecule has 1 aromatic carbocycles. The normalized spacial score (nSPS) is 15.7. The molecule has 0 aliphatic carbocycles. The predicted octanol–water partition coefficient (Wildman–Crippen LogP) is 3.93. The van der Waals surface area contributed by atoms with Crippen molar-refractivity contribution in [1.82, 2.24) is 4.57 Å². The molecular formula is C23H20Br2N2O6S. The van der Waals surface area contributed by atoms with Crippen LogP contribution in [0.25, 0.3) is 6.08 Å². The summed E-state index contributed by atoms with van der Waals surface area (Å²) < 4.78 is 24.9. The predicted molar refractivity (Wildman–Crippen MR) is 134 cm³/mol. The number of aromatic nitrogens is 1. The van der Waals surface area contributed by atoms with E-state index in [0.29, 0.717) is 42.5 Å². The summed E-state index contributed by atoms with van der Waals surface area (Å²) in [5, 5.41) is 0. The highest BCUT2D eigenvalue weighted by Gasteiger charge is 2.34. The zero-order chi connectivity index (χ0) is 24.6. The van der Waals surface area contributed by atoms with Gasteiger partial charge in [-0.25, -0.2) is 9.79 Å². The number of furan rings is 1. The number of halogens is 2. The molecule has 4 rings (SSSR count). The van der Waals surface area contributed by atoms with Gasteiger partial charge in [0, 0.05) is 6.08 Å². The van der Waals surface area contributed by atoms with Gasteiger partial charge in [-0.05, 0) is 69.5 Å². The van der Waals surface area contributed by atoms with Gasteiger partial charge in [-0.3, -0.25) is 9.36 Å². The van der Waals surface area contributed by atoms with Gasteiger partial charge in [0.1, 0.15) is 5.76 Å². The van der Waals surface area contributed by atoms with Crippen molar-refractivity contribution in [3.05, 3.63) is 75.7 Å². The number of nitrogens with zero attached hydrogens (tertiary/aromatic N) is 2. The van der Waals surface area contributed by atoms with E-state index in [1.807, 2.05) is 0 Å². The number of esters is 1. The molecule has 0 saturated carbocycles. The monoisotopic (exact) mass is 610 g/mol. The summed E-state index contributed by atoms with van der Waals surface area (Å²) in [7, 11) is 3.07. The van der Waals surface area contributed by atoms with E-state index in [1.165, 1.54) is 23.0 Å². The van der Waals surface area contributed by atoms with Gasteiger partial charge in [0.2, 0.25) is 0 Å². The Morgan fingerprint density at radius 1 is 1.24 bits per heavy atom. The third kappa shape index (κ3) is 4.39. The summed E-state index contributed by atoms with van der Waals surface area (Å²) in [6.45, 7) is 3.66. The summed E-state index contributed by atoms with van der Waals surface area (Å²) in [6, 6.07) is 6.28. The van der Waals surface area contributed by atoms with E-state index in [4.69, 9.17) is 18.6 Å². The Bertz CT molecular complexity index is 1460. The standard InChI is InChI=1S/C23H20Br2N2O6S/c1-5-32-22(29)18-11(2)26-23-27(19(18)12-6-7-15(30-3)16(8-12)31-4)21(28)17(34-23)10-13-9-14(24)20(25)33-13/h6-10,19H,5H2,1-4H3/b17-10+/t19-/m0/s1. The Morgan fingerprint density at radius 2 is 1.97 bits per heavy atom. The molecular weight excluding hydrogens is 592 g/mol. The second-order valence-electron chi connectivity index (χ2n) is 7.19. The number of ether oxygens (including phenoxy) is 3. The molecule has 3 aromatic rings. The summed E-state index contributed by atoms with van der Waals surface area (Å²) >= 11 is 7.90. The molecule has 0 amide bonds. The Kier molecular flexibility index (Phi) is 7.15. The van der Waals surface area contributed by atoms with Gasteiger partial charge in [-0.1, -0.05) is 17.4 Å². The summed E-state index contributed by atoms with van der Waals surface area (Å²) in [5.74, 6) is 0.973. The Balaban J connectivity index is 1.97. The molecule has 0 radical (unpaired) electrons. The van der Waals surface area contributed by atoms with E-state index in [1.54, 1.807) is 51.3 Å². The molecule has 0 fully saturated rings. The average molecular weight is 612 g/mol. The van der Waals surface area contributed by atoms with Crippen LogP contribution in [0.4, 0.5) is 0 Å². The number of hydrogen-bond acceptors (Lipinski definition) is 8. The second kappa shape index (κ2) is 9.93. The number of hydrogen-bond donors (Lipinski definition) is 0. The van der Waals surface area contributed by atoms with Gasteiger partial charge in [0.15, 0.2) is 21.0 Å². The lowest BCUT2D eigenvalue weighted by Gasteiger charge is -2.25. The zero-order valence-corrected chi connectivity index (χ0v) is 22.7. The molecule has 1 aliphatic heterocycles. The number of methoxy groups -OCH3 is 2. The Hall–Kier alpha value is -2.63. The molecule has 8 nitrogen and oxygen atoms in total. The lowest BCUT2D eigenvalue weighted by molar-refractivity contribution is -0.139. The van der Waals surface area contributed by atoms with E-state index in [2.05, 4.69) is 36.9 Å². The lowest BCUT2D eigenvalue weighted by atomic mass is 9.95. The van der Waals surface area contributed by atoms with E-state index >= 15 is 0 Å². The lowest BCUT2D eigenvalue weighted by Crippen LogP contribution is -2.39. The molecule has 34 heavy (non-hydrogen) atoms. The van der Waals surface area contributed by atoms with Crippen molar-refractivity contribution in [3.8, 4) is 11.5 Å². The molecule has 2 aromatic heterocycles. The first kappa shape index (κ1) is 24.5. The van der Waals surface area contributed by atoms with Crippen molar-refractivity contribution in [1.29, 1.82) is 0 Å². The van der Waals surface area contributed by atoms with Gasteiger partial charge in [-0.2, -0.15) is 0 Å². The molecule has 0 bridgehead atoms. The van der Waals surface area contributed by atoms with Crippen LogP contribution in [-0.4, -0.2) is 31.4 Å². The van der Waals surface area contributed by atoms with Crippen LogP contribution in [0.2, 0.25) is 0 Å². The molecule has 3 heterocycles. The maximum absolute atomic E-state index is 13.6. The van der Waals surface area contributed by atoms with E-state index in [0.717, 1.165) is 4.47 Å². The van der Waals surface area contributed by atoms with E-state index < -0.39 is 12.0 Å². The van der Waals surface area contributed by atoms with Crippen LogP contribution in [0.5, 0.6) is 11.5 Å². The van der Waals surface area contributed by atoms with Gasteiger partial charge in [0.25, 0.3) is 5.56 Å². The van der Waals surface area contributed by atoms with Crippen LogP contribution >= 0.6 is 43.2 Å². The molecule has 0 spiro atoms. The molecule has 1 aliphatic rings. The number of fused-ring (bicyclic) bond motifs is 1. The fourth-order valence-electron chi connectivity index (χ4n) is 3.69. The first-order valence-corrected chi connectivity index (χ1v) is 12.6. The van der Waals surface area contributed by atoms with Crippen molar-refractivity contribution >= 4 is 55.2 Å². The maximum Gasteiger partial charge on any atom is 0.338 e. The molecule has 1 atom stereocenters. The minimum absolute atomic E-state index is 0.195. The Morgan fingerprint density at radius 3 is 2.59 bits per heavy atom. The SMILES string of the molecule is CCOC(=O)C1=C(C)N=c2s/c(=C/c3cc(Br)c(Br)o3)c(=O)n2[C@H]1c1ccc(OC)c(OC)c1. The van der Waals surface area contributed by atoms with Gasteiger partial charge >= 0.3 is 5.97 Å². The van der Waals surface area contributed by atoms with Gasteiger partial charge < -0.3 is 18.6 Å². The molecule has 0 saturated heterocycles. The second-order valence-corrected chi connectivity index (χ2v) is 9.77. The topological polar surface area (TPSA) is 92.3 Å². The minimum atomic E-state index is -0.757. The number of rotatable bonds is 6. The van der Waals surface area contributed by atoms with Crippen molar-refractivity contribution in [2.75, 3.05) is 20.8 Å². The largest absolute Gasteiger partial charge is 0.493 e. The number of carbonyl (C=O) groups is 1. The van der Waals surface area contributed by atoms with E-state index in [9.17, 15) is 9.59 Å². The smallest absolute Gasteiger partial charge is 0.338 e. The van der Waals surface area contributed by atoms with Crippen LogP contribution in [0.15, 0.2) is 58.9 Å². The van der Waals surface area contributed by atoms with Crippen molar-refractivity contribution < 1.29 is 23.4 Å². The minimum Gasteiger partial charge on any atom is -0.493 e. The molecule has 178 valence electrons. The summed E-state index contributed by atoms with van der Waals surface area (Å²) in [6.07, 6.45) is 1.65. The van der Waals surface area contributed by atoms with Crippen LogP contribution in [0, 0.1) is 0 Å². The number of allylic oxidation sites excluding steroid dienone is 1. The number of thiazole rings is 1. The maximum atomic E-state index is 13.6. The average Bonchev–Trinajstić information content (AvgIpc) is 3.29.